The van der Waals surface area contributed by atoms with Crippen LogP contribution in [0.25, 0.3) is 0 Å². The Hall–Kier alpha value is -1.84. The van der Waals surface area contributed by atoms with Crippen LogP contribution < -0.4 is 15.5 Å². The van der Waals surface area contributed by atoms with E-state index >= 15 is 0 Å². The molecule has 0 amide bonds. The highest BCUT2D eigenvalue weighted by molar-refractivity contribution is 5.42. The first-order valence-electron chi connectivity index (χ1n) is 6.40. The number of nitrogens with zero attached hydrogens (tertiary/aromatic N) is 4. The van der Waals surface area contributed by atoms with Gasteiger partial charge in [0.25, 0.3) is 0 Å². The zero-order valence-electron chi connectivity index (χ0n) is 12.1. The smallest absolute Gasteiger partial charge is 0.382 e. The van der Waals surface area contributed by atoms with Gasteiger partial charge >= 0.3 is 6.18 Å². The predicted molar refractivity (Wildman–Crippen MR) is 73.5 cm³/mol. The fraction of sp³-hybridized carbons (Fsp3) is 0.727. The first-order valence-corrected chi connectivity index (χ1v) is 6.40. The molecule has 0 aliphatic carbocycles. The molecule has 120 valence electrons. The molecule has 1 heterocycles. The molecule has 10 heteroatoms. The van der Waals surface area contributed by atoms with Crippen molar-refractivity contribution in [3.63, 3.8) is 0 Å². The van der Waals surface area contributed by atoms with Crippen molar-refractivity contribution in [1.82, 2.24) is 15.0 Å². The number of alkyl halides is 3. The largest absolute Gasteiger partial charge is 0.416 e. The predicted octanol–water partition coefficient (Wildman–Crippen LogP) is 1.09. The molecule has 1 atom stereocenters. The summed E-state index contributed by atoms with van der Waals surface area (Å²) in [6.07, 6.45) is -6.32. The van der Waals surface area contributed by atoms with Crippen LogP contribution in [0.1, 0.15) is 13.3 Å². The van der Waals surface area contributed by atoms with E-state index in [9.17, 15) is 13.2 Å². The molecule has 3 N–H and O–H groups in total. The second kappa shape index (κ2) is 7.25. The number of anilines is 3. The van der Waals surface area contributed by atoms with Crippen molar-refractivity contribution in [2.45, 2.75) is 25.6 Å². The van der Waals surface area contributed by atoms with Crippen LogP contribution in [0.5, 0.6) is 0 Å². The maximum atomic E-state index is 12.2. The zero-order chi connectivity index (χ0) is 16.0. The van der Waals surface area contributed by atoms with Gasteiger partial charge in [0.2, 0.25) is 17.8 Å². The van der Waals surface area contributed by atoms with E-state index < -0.39 is 18.8 Å². The lowest BCUT2D eigenvalue weighted by molar-refractivity contribution is -0.198. The summed E-state index contributed by atoms with van der Waals surface area (Å²) in [4.78, 5) is 13.6. The van der Waals surface area contributed by atoms with Gasteiger partial charge in [0.05, 0.1) is 6.54 Å². The lowest BCUT2D eigenvalue weighted by atomic mass is 10.3. The van der Waals surface area contributed by atoms with Gasteiger partial charge in [0.15, 0.2) is 6.10 Å². The number of rotatable bonds is 7. The molecule has 0 radical (unpaired) electrons. The molecule has 1 unspecified atom stereocenters. The molecule has 0 aromatic carbocycles. The molecule has 0 saturated heterocycles. The molecule has 7 nitrogen and oxygen atoms in total. The van der Waals surface area contributed by atoms with Crippen LogP contribution in [-0.4, -0.2) is 59.5 Å². The lowest BCUT2D eigenvalue weighted by Gasteiger charge is -2.17. The van der Waals surface area contributed by atoms with Gasteiger partial charge in [-0.05, 0) is 6.42 Å². The molecule has 0 spiro atoms. The van der Waals surface area contributed by atoms with Crippen molar-refractivity contribution in [3.05, 3.63) is 0 Å². The van der Waals surface area contributed by atoms with Gasteiger partial charge in [-0.25, -0.2) is 0 Å². The Kier molecular flexibility index (Phi) is 5.94. The van der Waals surface area contributed by atoms with Crippen LogP contribution >= 0.6 is 0 Å². The first-order chi connectivity index (χ1) is 9.74. The van der Waals surface area contributed by atoms with Gasteiger partial charge < -0.3 is 20.6 Å². The molecule has 0 bridgehead atoms. The Balaban J connectivity index is 2.82. The quantitative estimate of drug-likeness (QED) is 0.695. The minimum atomic E-state index is -4.69. The Morgan fingerprint density at radius 3 is 2.19 bits per heavy atom. The Labute approximate surface area is 120 Å². The highest BCUT2D eigenvalue weighted by Gasteiger charge is 2.38. The van der Waals surface area contributed by atoms with Crippen molar-refractivity contribution in [2.75, 3.05) is 42.7 Å². The maximum Gasteiger partial charge on any atom is 0.416 e. The monoisotopic (exact) mass is 308 g/mol. The minimum absolute atomic E-state index is 0.0318. The zero-order valence-corrected chi connectivity index (χ0v) is 12.1. The SMILES string of the molecule is CCCNc1nc(NCC(O)C(F)(F)F)nc(N(C)C)n1. The van der Waals surface area contributed by atoms with E-state index in [1.807, 2.05) is 6.92 Å². The Bertz CT molecular complexity index is 454. The molecular formula is C11H19F3N6O. The summed E-state index contributed by atoms with van der Waals surface area (Å²) < 4.78 is 36.7. The number of nitrogens with one attached hydrogen (secondary N) is 2. The number of hydrogen-bond acceptors (Lipinski definition) is 7. The molecule has 0 fully saturated rings. The van der Waals surface area contributed by atoms with E-state index in [1.54, 1.807) is 19.0 Å². The van der Waals surface area contributed by atoms with Gasteiger partial charge in [-0.15, -0.1) is 0 Å². The average Bonchev–Trinajstić information content (AvgIpc) is 2.41. The minimum Gasteiger partial charge on any atom is -0.382 e. The Morgan fingerprint density at radius 2 is 1.71 bits per heavy atom. The summed E-state index contributed by atoms with van der Waals surface area (Å²) in [6.45, 7) is 1.86. The highest BCUT2D eigenvalue weighted by Crippen LogP contribution is 2.20. The lowest BCUT2D eigenvalue weighted by Crippen LogP contribution is -2.35. The van der Waals surface area contributed by atoms with Crippen molar-refractivity contribution in [2.24, 2.45) is 0 Å². The van der Waals surface area contributed by atoms with Crippen LogP contribution in [0.2, 0.25) is 0 Å². The molecule has 1 aromatic rings. The van der Waals surface area contributed by atoms with Crippen LogP contribution in [0, 0.1) is 0 Å². The van der Waals surface area contributed by atoms with Crippen LogP contribution in [0.4, 0.5) is 31.0 Å². The van der Waals surface area contributed by atoms with E-state index in [0.717, 1.165) is 6.42 Å². The molecule has 0 aliphatic rings. The summed E-state index contributed by atoms with van der Waals surface area (Å²) in [5.41, 5.74) is 0. The van der Waals surface area contributed by atoms with Gasteiger partial charge in [0, 0.05) is 20.6 Å². The first kappa shape index (κ1) is 17.2. The van der Waals surface area contributed by atoms with Crippen molar-refractivity contribution >= 4 is 17.8 Å². The summed E-state index contributed by atoms with van der Waals surface area (Å²) in [6, 6.07) is 0. The standard InChI is InChI=1S/C11H19F3N6O/c1-4-5-15-8-17-9(19-10(18-8)20(2)3)16-6-7(21)11(12,13)14/h7,21H,4-6H2,1-3H3,(H2,15,16,17,18,19). The molecular weight excluding hydrogens is 289 g/mol. The number of aromatic nitrogens is 3. The van der Waals surface area contributed by atoms with E-state index in [0.29, 0.717) is 12.5 Å². The summed E-state index contributed by atoms with van der Waals surface area (Å²) in [7, 11) is 3.40. The van der Waals surface area contributed by atoms with E-state index in [2.05, 4.69) is 25.6 Å². The van der Waals surface area contributed by atoms with Gasteiger partial charge in [0.1, 0.15) is 0 Å². The van der Waals surface area contributed by atoms with Gasteiger partial charge in [-0.3, -0.25) is 0 Å². The average molecular weight is 308 g/mol. The fourth-order valence-corrected chi connectivity index (χ4v) is 1.26. The normalized spacial score (nSPS) is 12.9. The summed E-state index contributed by atoms with van der Waals surface area (Å²) >= 11 is 0. The van der Waals surface area contributed by atoms with Crippen molar-refractivity contribution < 1.29 is 18.3 Å². The molecule has 0 saturated carbocycles. The second-order valence-electron chi connectivity index (χ2n) is 4.54. The van der Waals surface area contributed by atoms with Crippen molar-refractivity contribution in [1.29, 1.82) is 0 Å². The third kappa shape index (κ3) is 5.58. The van der Waals surface area contributed by atoms with E-state index in [4.69, 9.17) is 5.11 Å². The third-order valence-corrected chi connectivity index (χ3v) is 2.39. The van der Waals surface area contributed by atoms with Gasteiger partial charge in [-0.1, -0.05) is 6.92 Å². The fourth-order valence-electron chi connectivity index (χ4n) is 1.26. The number of aliphatic hydroxyl groups excluding tert-OH is 1. The molecule has 1 aromatic heterocycles. The summed E-state index contributed by atoms with van der Waals surface area (Å²) in [5.74, 6) is 0.530. The molecule has 21 heavy (non-hydrogen) atoms. The third-order valence-electron chi connectivity index (χ3n) is 2.39. The molecule has 1 rings (SSSR count). The second-order valence-corrected chi connectivity index (χ2v) is 4.54. The van der Waals surface area contributed by atoms with Crippen molar-refractivity contribution in [3.8, 4) is 0 Å². The van der Waals surface area contributed by atoms with Crippen LogP contribution in [-0.2, 0) is 0 Å². The number of halogens is 3. The van der Waals surface area contributed by atoms with E-state index in [1.165, 1.54) is 0 Å². The topological polar surface area (TPSA) is 86.2 Å². The highest BCUT2D eigenvalue weighted by atomic mass is 19.4. The number of aliphatic hydroxyl groups is 1. The van der Waals surface area contributed by atoms with Crippen LogP contribution in [0.3, 0.4) is 0 Å². The molecule has 0 aliphatic heterocycles. The van der Waals surface area contributed by atoms with Crippen LogP contribution in [0.15, 0.2) is 0 Å². The number of hydrogen-bond donors (Lipinski definition) is 3. The van der Waals surface area contributed by atoms with Gasteiger partial charge in [-0.2, -0.15) is 28.1 Å². The maximum absolute atomic E-state index is 12.2. The summed E-state index contributed by atoms with van der Waals surface area (Å²) in [5, 5.41) is 14.2. The Morgan fingerprint density at radius 1 is 1.14 bits per heavy atom. The van der Waals surface area contributed by atoms with E-state index in [-0.39, 0.29) is 11.9 Å².